The molecule has 0 aliphatic carbocycles. The highest BCUT2D eigenvalue weighted by atomic mass is 32.2. The summed E-state index contributed by atoms with van der Waals surface area (Å²) in [5.74, 6) is 1.12. The minimum Gasteiger partial charge on any atom is -0.390 e. The molecule has 4 rings (SSSR count). The molecule has 2 aromatic heterocycles. The molecule has 3 heterocycles. The largest absolute Gasteiger partial charge is 0.390 e. The van der Waals surface area contributed by atoms with Crippen molar-refractivity contribution >= 4 is 22.9 Å². The number of nitrogens with zero attached hydrogens (tertiary/aromatic N) is 6. The lowest BCUT2D eigenvalue weighted by Gasteiger charge is -2.35. The van der Waals surface area contributed by atoms with E-state index in [0.29, 0.717) is 17.7 Å². The molecule has 0 radical (unpaired) electrons. The topological polar surface area (TPSA) is 88.5 Å². The summed E-state index contributed by atoms with van der Waals surface area (Å²) in [6.45, 7) is 5.75. The number of piperazine rings is 1. The van der Waals surface area contributed by atoms with Crippen LogP contribution in [0.25, 0.3) is 11.2 Å². The molecule has 0 saturated carbocycles. The fraction of sp³-hybridized carbons (Fsp3) is 0.522. The standard InChI is InChI=1S/C23H32N6O3S/c1-25-21-20(22(31)26(2)23(25)32)29(17-24-21)16-18(30)15-28-12-10-27(11-13-28)9-6-14-33-19-7-4-3-5-8-19/h3-5,7-8,17-18,30H,6,9-16H2,1-2H3/t18-/m0/s1. The second kappa shape index (κ2) is 10.7. The number of aliphatic hydroxyl groups is 1. The van der Waals surface area contributed by atoms with Gasteiger partial charge in [0.25, 0.3) is 5.56 Å². The Hall–Kier alpha value is -2.40. The maximum Gasteiger partial charge on any atom is 0.332 e. The quantitative estimate of drug-likeness (QED) is 0.360. The zero-order chi connectivity index (χ0) is 23.4. The first-order valence-electron chi connectivity index (χ1n) is 11.4. The van der Waals surface area contributed by atoms with Crippen molar-refractivity contribution in [3.8, 4) is 0 Å². The predicted molar refractivity (Wildman–Crippen MR) is 131 cm³/mol. The van der Waals surface area contributed by atoms with Crippen LogP contribution >= 0.6 is 11.8 Å². The maximum atomic E-state index is 12.6. The fourth-order valence-corrected chi connectivity index (χ4v) is 5.17. The van der Waals surface area contributed by atoms with Crippen LogP contribution < -0.4 is 11.2 Å². The number of β-amino-alcohol motifs (C(OH)–C–C–N with tert-alkyl or cyclic N) is 1. The lowest BCUT2D eigenvalue weighted by atomic mass is 10.2. The summed E-state index contributed by atoms with van der Waals surface area (Å²) < 4.78 is 4.09. The van der Waals surface area contributed by atoms with Crippen molar-refractivity contribution < 1.29 is 5.11 Å². The van der Waals surface area contributed by atoms with Crippen molar-refractivity contribution in [2.45, 2.75) is 24.0 Å². The Morgan fingerprint density at radius 3 is 2.42 bits per heavy atom. The highest BCUT2D eigenvalue weighted by Crippen LogP contribution is 2.18. The Kier molecular flexibility index (Phi) is 7.69. The Balaban J connectivity index is 1.23. The molecule has 10 heteroatoms. The zero-order valence-electron chi connectivity index (χ0n) is 19.3. The normalized spacial score (nSPS) is 16.5. The molecule has 1 aromatic carbocycles. The number of thioether (sulfide) groups is 1. The monoisotopic (exact) mass is 472 g/mol. The molecule has 1 aliphatic heterocycles. The van der Waals surface area contributed by atoms with Gasteiger partial charge in [-0.25, -0.2) is 9.78 Å². The van der Waals surface area contributed by atoms with Crippen LogP contribution in [0.3, 0.4) is 0 Å². The molecule has 178 valence electrons. The van der Waals surface area contributed by atoms with Gasteiger partial charge < -0.3 is 14.6 Å². The molecule has 1 atom stereocenters. The average Bonchev–Trinajstić information content (AvgIpc) is 3.24. The summed E-state index contributed by atoms with van der Waals surface area (Å²) >= 11 is 1.90. The third kappa shape index (κ3) is 5.57. The lowest BCUT2D eigenvalue weighted by Crippen LogP contribution is -2.49. The van der Waals surface area contributed by atoms with Crippen LogP contribution in [-0.2, 0) is 20.6 Å². The van der Waals surface area contributed by atoms with Crippen LogP contribution in [0.5, 0.6) is 0 Å². The van der Waals surface area contributed by atoms with E-state index in [2.05, 4.69) is 39.0 Å². The van der Waals surface area contributed by atoms with E-state index in [1.54, 1.807) is 11.6 Å². The van der Waals surface area contributed by atoms with Crippen LogP contribution in [-0.4, -0.2) is 84.7 Å². The van der Waals surface area contributed by atoms with Gasteiger partial charge in [-0.3, -0.25) is 18.8 Å². The Morgan fingerprint density at radius 2 is 1.70 bits per heavy atom. The molecule has 0 bridgehead atoms. The second-order valence-electron chi connectivity index (χ2n) is 8.59. The number of benzene rings is 1. The Bertz CT molecular complexity index is 1180. The van der Waals surface area contributed by atoms with E-state index in [9.17, 15) is 14.7 Å². The zero-order valence-corrected chi connectivity index (χ0v) is 20.1. The molecule has 0 unspecified atom stereocenters. The molecule has 1 saturated heterocycles. The highest BCUT2D eigenvalue weighted by molar-refractivity contribution is 7.99. The van der Waals surface area contributed by atoms with Crippen molar-refractivity contribution in [3.05, 3.63) is 57.5 Å². The van der Waals surface area contributed by atoms with Gasteiger partial charge in [0.15, 0.2) is 11.2 Å². The highest BCUT2D eigenvalue weighted by Gasteiger charge is 2.21. The van der Waals surface area contributed by atoms with Crippen molar-refractivity contribution in [2.24, 2.45) is 14.1 Å². The van der Waals surface area contributed by atoms with Gasteiger partial charge in [0.1, 0.15) is 0 Å². The number of aromatic nitrogens is 4. The van der Waals surface area contributed by atoms with Gasteiger partial charge in [-0.15, -0.1) is 11.8 Å². The number of hydrogen-bond acceptors (Lipinski definition) is 7. The van der Waals surface area contributed by atoms with Gasteiger partial charge in [-0.1, -0.05) is 18.2 Å². The molecule has 0 amide bonds. The van der Waals surface area contributed by atoms with E-state index in [4.69, 9.17) is 0 Å². The number of rotatable bonds is 9. The molecule has 1 aliphatic rings. The van der Waals surface area contributed by atoms with Gasteiger partial charge in [0.2, 0.25) is 0 Å². The van der Waals surface area contributed by atoms with Crippen LogP contribution in [0, 0.1) is 0 Å². The van der Waals surface area contributed by atoms with Crippen molar-refractivity contribution in [2.75, 3.05) is 45.0 Å². The van der Waals surface area contributed by atoms with Gasteiger partial charge in [-0.05, 0) is 30.9 Å². The summed E-state index contributed by atoms with van der Waals surface area (Å²) in [6, 6.07) is 10.5. The van der Waals surface area contributed by atoms with Gasteiger partial charge in [0, 0.05) is 51.7 Å². The second-order valence-corrected chi connectivity index (χ2v) is 9.75. The third-order valence-electron chi connectivity index (χ3n) is 6.19. The molecular formula is C23H32N6O3S. The van der Waals surface area contributed by atoms with Gasteiger partial charge in [-0.2, -0.15) is 0 Å². The fourth-order valence-electron chi connectivity index (χ4n) is 4.31. The van der Waals surface area contributed by atoms with Crippen molar-refractivity contribution in [1.82, 2.24) is 28.5 Å². The average molecular weight is 473 g/mol. The first-order valence-corrected chi connectivity index (χ1v) is 12.3. The molecule has 1 fully saturated rings. The first kappa shape index (κ1) is 23.7. The first-order chi connectivity index (χ1) is 15.9. The number of fused-ring (bicyclic) bond motifs is 1. The SMILES string of the molecule is Cn1c(=O)c2c(ncn2C[C@@H](O)CN2CCN(CCCSc3ccccc3)CC2)n(C)c1=O. The summed E-state index contributed by atoms with van der Waals surface area (Å²) in [5.41, 5.74) is -0.113. The smallest absolute Gasteiger partial charge is 0.332 e. The van der Waals surface area contributed by atoms with E-state index < -0.39 is 17.4 Å². The minimum atomic E-state index is -0.627. The van der Waals surface area contributed by atoms with Crippen molar-refractivity contribution in [1.29, 1.82) is 0 Å². The van der Waals surface area contributed by atoms with E-state index >= 15 is 0 Å². The van der Waals surface area contributed by atoms with Gasteiger partial charge in [0.05, 0.1) is 19.0 Å². The van der Waals surface area contributed by atoms with E-state index in [1.807, 2.05) is 17.8 Å². The molecule has 33 heavy (non-hydrogen) atoms. The van der Waals surface area contributed by atoms with E-state index in [1.165, 1.54) is 22.8 Å². The third-order valence-corrected chi connectivity index (χ3v) is 7.29. The van der Waals surface area contributed by atoms with Crippen LogP contribution in [0.4, 0.5) is 0 Å². The molecular weight excluding hydrogens is 440 g/mol. The summed E-state index contributed by atoms with van der Waals surface area (Å²) in [4.78, 5) is 35.0. The summed E-state index contributed by atoms with van der Waals surface area (Å²) in [7, 11) is 3.05. The summed E-state index contributed by atoms with van der Waals surface area (Å²) in [5, 5.41) is 10.7. The molecule has 0 spiro atoms. The molecule has 1 N–H and O–H groups in total. The number of hydrogen-bond donors (Lipinski definition) is 1. The maximum absolute atomic E-state index is 12.6. The number of aryl methyl sites for hydroxylation is 1. The lowest BCUT2D eigenvalue weighted by molar-refractivity contribution is 0.0650. The van der Waals surface area contributed by atoms with Crippen LogP contribution in [0.1, 0.15) is 6.42 Å². The van der Waals surface area contributed by atoms with E-state index in [-0.39, 0.29) is 6.54 Å². The predicted octanol–water partition coefficient (Wildman–Crippen LogP) is 0.595. The van der Waals surface area contributed by atoms with E-state index in [0.717, 1.165) is 49.5 Å². The van der Waals surface area contributed by atoms with Crippen LogP contribution in [0.15, 0.2) is 51.1 Å². The van der Waals surface area contributed by atoms with Crippen LogP contribution in [0.2, 0.25) is 0 Å². The van der Waals surface area contributed by atoms with Crippen molar-refractivity contribution in [3.63, 3.8) is 0 Å². The Labute approximate surface area is 197 Å². The number of imidazole rings is 1. The molecule has 3 aromatic rings. The number of aliphatic hydroxyl groups excluding tert-OH is 1. The molecule has 9 nitrogen and oxygen atoms in total. The Morgan fingerprint density at radius 1 is 1.00 bits per heavy atom. The summed E-state index contributed by atoms with van der Waals surface area (Å²) in [6.07, 6.45) is 2.06. The van der Waals surface area contributed by atoms with Gasteiger partial charge >= 0.3 is 5.69 Å². The minimum absolute atomic E-state index is 0.265.